The molecule has 7 heteroatoms. The molecule has 0 amide bonds. The van der Waals surface area contributed by atoms with Crippen molar-refractivity contribution in [2.45, 2.75) is 19.4 Å². The number of para-hydroxylation sites is 2. The van der Waals surface area contributed by atoms with Gasteiger partial charge in [-0.3, -0.25) is 4.79 Å². The van der Waals surface area contributed by atoms with Crippen LogP contribution in [0.3, 0.4) is 0 Å². The molecule has 7 nitrogen and oxygen atoms in total. The number of hydrogen-bond acceptors (Lipinski definition) is 5. The quantitative estimate of drug-likeness (QED) is 0.365. The first-order valence-electron chi connectivity index (χ1n) is 11.7. The average molecular weight is 472 g/mol. The van der Waals surface area contributed by atoms with E-state index in [4.69, 9.17) is 9.84 Å². The first-order valence-corrected chi connectivity index (χ1v) is 11.7. The van der Waals surface area contributed by atoms with Crippen molar-refractivity contribution in [1.82, 2.24) is 19.7 Å². The number of fused-ring (bicyclic) bond motifs is 2. The molecule has 1 N–H and O–H groups in total. The van der Waals surface area contributed by atoms with E-state index in [1.54, 1.807) is 29.0 Å². The number of allylic oxidation sites excluding steroid dienone is 1. The third kappa shape index (κ3) is 3.85. The Morgan fingerprint density at radius 1 is 1.14 bits per heavy atom. The molecule has 36 heavy (non-hydrogen) atoms. The number of aromatic amines is 1. The van der Waals surface area contributed by atoms with Crippen LogP contribution in [-0.4, -0.2) is 25.9 Å². The molecule has 0 saturated heterocycles. The van der Waals surface area contributed by atoms with Crippen LogP contribution < -0.4 is 10.3 Å². The molecule has 0 fully saturated rings. The summed E-state index contributed by atoms with van der Waals surface area (Å²) < 4.78 is 7.66. The Morgan fingerprint density at radius 2 is 1.94 bits per heavy atom. The van der Waals surface area contributed by atoms with Crippen molar-refractivity contribution in [1.29, 1.82) is 5.26 Å². The first-order chi connectivity index (χ1) is 17.6. The fourth-order valence-electron chi connectivity index (χ4n) is 4.52. The van der Waals surface area contributed by atoms with Gasteiger partial charge in [0.15, 0.2) is 5.82 Å². The Bertz CT molecular complexity index is 1740. The molecule has 0 bridgehead atoms. The van der Waals surface area contributed by atoms with Crippen LogP contribution in [0.2, 0.25) is 0 Å². The second-order valence-corrected chi connectivity index (χ2v) is 8.77. The van der Waals surface area contributed by atoms with Crippen LogP contribution in [-0.2, 0) is 6.42 Å². The maximum atomic E-state index is 12.6. The van der Waals surface area contributed by atoms with E-state index in [1.165, 1.54) is 0 Å². The highest BCUT2D eigenvalue weighted by molar-refractivity contribution is 5.91. The highest BCUT2D eigenvalue weighted by Crippen LogP contribution is 2.34. The molecule has 2 aromatic heterocycles. The summed E-state index contributed by atoms with van der Waals surface area (Å²) in [6.07, 6.45) is 4.58. The Kier molecular flexibility index (Phi) is 5.20. The Morgan fingerprint density at radius 3 is 2.78 bits per heavy atom. The standard InChI is InChI=1S/C29H21N5O2/c1-18-13-20-14-19(11-12-26(20)36-18)27-22(17-34(33-27)23-7-3-2-4-8-23)15-21(16-30)28-31-25-10-6-5-9-24(25)29(35)32-28/h2-12,14-15,17-18H,13H2,1H3,(H,31,32,35)/b21-15-/t18-/m1/s1. The Labute approximate surface area is 206 Å². The lowest BCUT2D eigenvalue weighted by atomic mass is 10.0. The van der Waals surface area contributed by atoms with Crippen molar-refractivity contribution in [3.8, 4) is 28.8 Å². The van der Waals surface area contributed by atoms with Gasteiger partial charge in [0.25, 0.3) is 5.56 Å². The second kappa shape index (κ2) is 8.67. The van der Waals surface area contributed by atoms with Gasteiger partial charge in [0.1, 0.15) is 23.6 Å². The molecular weight excluding hydrogens is 450 g/mol. The summed E-state index contributed by atoms with van der Waals surface area (Å²) in [5.74, 6) is 1.11. The molecule has 1 aliphatic heterocycles. The zero-order chi connectivity index (χ0) is 24.6. The largest absolute Gasteiger partial charge is 0.490 e. The molecular formula is C29H21N5O2. The van der Waals surface area contributed by atoms with Crippen molar-refractivity contribution >= 4 is 22.6 Å². The Hall–Kier alpha value is -4.96. The van der Waals surface area contributed by atoms with Gasteiger partial charge in [-0.05, 0) is 61.0 Å². The number of aromatic nitrogens is 4. The molecule has 6 rings (SSSR count). The van der Waals surface area contributed by atoms with Gasteiger partial charge >= 0.3 is 0 Å². The summed E-state index contributed by atoms with van der Waals surface area (Å²) in [7, 11) is 0. The zero-order valence-corrected chi connectivity index (χ0v) is 19.5. The van der Waals surface area contributed by atoms with E-state index in [0.29, 0.717) is 10.9 Å². The van der Waals surface area contributed by atoms with Crippen LogP contribution >= 0.6 is 0 Å². The van der Waals surface area contributed by atoms with E-state index in [-0.39, 0.29) is 23.1 Å². The summed E-state index contributed by atoms with van der Waals surface area (Å²) in [6.45, 7) is 2.05. The van der Waals surface area contributed by atoms with Crippen molar-refractivity contribution < 1.29 is 4.74 Å². The smallest absolute Gasteiger partial charge is 0.259 e. The number of nitrogens with one attached hydrogen (secondary N) is 1. The lowest BCUT2D eigenvalue weighted by molar-refractivity contribution is 0.254. The zero-order valence-electron chi connectivity index (χ0n) is 19.5. The van der Waals surface area contributed by atoms with Gasteiger partial charge in [0.2, 0.25) is 0 Å². The third-order valence-electron chi connectivity index (χ3n) is 6.22. The van der Waals surface area contributed by atoms with Crippen molar-refractivity contribution in [2.75, 3.05) is 0 Å². The average Bonchev–Trinajstić information content (AvgIpc) is 3.49. The first kappa shape index (κ1) is 21.6. The van der Waals surface area contributed by atoms with Crippen LogP contribution in [0.5, 0.6) is 5.75 Å². The van der Waals surface area contributed by atoms with E-state index in [2.05, 4.69) is 29.0 Å². The summed E-state index contributed by atoms with van der Waals surface area (Å²) in [6, 6.07) is 25.1. The SMILES string of the molecule is C[C@@H]1Cc2cc(-c3nn(-c4ccccc4)cc3/C=C(/C#N)c3nc4ccccc4c(=O)[nH]3)ccc2O1. The molecule has 0 saturated carbocycles. The van der Waals surface area contributed by atoms with E-state index in [0.717, 1.165) is 40.2 Å². The number of ether oxygens (including phenoxy) is 1. The number of nitrogens with zero attached hydrogens (tertiary/aromatic N) is 4. The highest BCUT2D eigenvalue weighted by atomic mass is 16.5. The predicted molar refractivity (Wildman–Crippen MR) is 139 cm³/mol. The summed E-state index contributed by atoms with van der Waals surface area (Å²) in [5, 5.41) is 15.4. The fourth-order valence-corrected chi connectivity index (χ4v) is 4.52. The minimum absolute atomic E-state index is 0.137. The molecule has 0 spiro atoms. The lowest BCUT2D eigenvalue weighted by Crippen LogP contribution is -2.11. The minimum atomic E-state index is -0.287. The van der Waals surface area contributed by atoms with Gasteiger partial charge in [-0.25, -0.2) is 9.67 Å². The number of H-pyrrole nitrogens is 1. The summed E-state index contributed by atoms with van der Waals surface area (Å²) in [5.41, 5.74) is 4.89. The molecule has 0 aliphatic carbocycles. The lowest BCUT2D eigenvalue weighted by Gasteiger charge is -2.05. The molecule has 1 atom stereocenters. The number of nitriles is 1. The normalized spacial score (nSPS) is 14.9. The van der Waals surface area contributed by atoms with Crippen LogP contribution in [0.15, 0.2) is 83.8 Å². The summed E-state index contributed by atoms with van der Waals surface area (Å²) in [4.78, 5) is 19.9. The second-order valence-electron chi connectivity index (χ2n) is 8.77. The molecule has 3 heterocycles. The maximum absolute atomic E-state index is 12.6. The third-order valence-corrected chi connectivity index (χ3v) is 6.22. The van der Waals surface area contributed by atoms with Gasteiger partial charge in [0, 0.05) is 23.7 Å². The van der Waals surface area contributed by atoms with Crippen LogP contribution in [0.4, 0.5) is 0 Å². The van der Waals surface area contributed by atoms with Gasteiger partial charge < -0.3 is 9.72 Å². The van der Waals surface area contributed by atoms with Gasteiger partial charge in [0.05, 0.1) is 22.2 Å². The van der Waals surface area contributed by atoms with Gasteiger partial charge in [-0.15, -0.1) is 0 Å². The number of benzene rings is 3. The predicted octanol–water partition coefficient (Wildman–Crippen LogP) is 5.16. The monoisotopic (exact) mass is 471 g/mol. The molecule has 5 aromatic rings. The van der Waals surface area contributed by atoms with E-state index in [9.17, 15) is 10.1 Å². The van der Waals surface area contributed by atoms with Gasteiger partial charge in [-0.2, -0.15) is 10.4 Å². The molecule has 0 unspecified atom stereocenters. The van der Waals surface area contributed by atoms with Crippen molar-refractivity contribution in [2.24, 2.45) is 0 Å². The topological polar surface area (TPSA) is 96.6 Å². The number of rotatable bonds is 4. The fraction of sp³-hybridized carbons (Fsp3) is 0.103. The minimum Gasteiger partial charge on any atom is -0.490 e. The molecule has 0 radical (unpaired) electrons. The maximum Gasteiger partial charge on any atom is 0.259 e. The van der Waals surface area contributed by atoms with Crippen LogP contribution in [0.25, 0.3) is 39.5 Å². The summed E-state index contributed by atoms with van der Waals surface area (Å²) >= 11 is 0. The van der Waals surface area contributed by atoms with Gasteiger partial charge in [-0.1, -0.05) is 30.3 Å². The van der Waals surface area contributed by atoms with Crippen LogP contribution in [0.1, 0.15) is 23.9 Å². The molecule has 1 aliphatic rings. The van der Waals surface area contributed by atoms with E-state index >= 15 is 0 Å². The van der Waals surface area contributed by atoms with E-state index < -0.39 is 0 Å². The van der Waals surface area contributed by atoms with Crippen molar-refractivity contribution in [3.05, 3.63) is 106 Å². The highest BCUT2D eigenvalue weighted by Gasteiger charge is 2.21. The van der Waals surface area contributed by atoms with E-state index in [1.807, 2.05) is 54.7 Å². The Balaban J connectivity index is 1.51. The molecule has 174 valence electrons. The molecule has 3 aromatic carbocycles. The van der Waals surface area contributed by atoms with Crippen LogP contribution in [0, 0.1) is 11.3 Å². The number of hydrogen-bond donors (Lipinski definition) is 1. The van der Waals surface area contributed by atoms with Crippen molar-refractivity contribution in [3.63, 3.8) is 0 Å².